The van der Waals surface area contributed by atoms with E-state index < -0.39 is 5.97 Å². The lowest BCUT2D eigenvalue weighted by atomic mass is 10.1. The van der Waals surface area contributed by atoms with Crippen LogP contribution in [0.5, 0.6) is 0 Å². The van der Waals surface area contributed by atoms with E-state index in [2.05, 4.69) is 26.2 Å². The van der Waals surface area contributed by atoms with E-state index in [-0.39, 0.29) is 12.5 Å². The minimum absolute atomic E-state index is 0.117. The number of amides is 1. The third kappa shape index (κ3) is 4.77. The lowest BCUT2D eigenvalue weighted by Gasteiger charge is -2.07. The second kappa shape index (κ2) is 8.40. The first-order valence-corrected chi connectivity index (χ1v) is 8.64. The summed E-state index contributed by atoms with van der Waals surface area (Å²) in [6, 6.07) is 17.8. The van der Waals surface area contributed by atoms with Gasteiger partial charge in [-0.15, -0.1) is 0 Å². The molecule has 0 fully saturated rings. The van der Waals surface area contributed by atoms with Crippen LogP contribution in [0.2, 0.25) is 0 Å². The quantitative estimate of drug-likeness (QED) is 0.630. The molecule has 5 nitrogen and oxygen atoms in total. The van der Waals surface area contributed by atoms with Crippen LogP contribution in [0, 0.1) is 0 Å². The van der Waals surface area contributed by atoms with Gasteiger partial charge in [-0.2, -0.15) is 0 Å². The Morgan fingerprint density at radius 3 is 2.38 bits per heavy atom. The Labute approximate surface area is 159 Å². The molecular formula is C20H15BrN2O3. The van der Waals surface area contributed by atoms with Crippen molar-refractivity contribution in [2.24, 2.45) is 0 Å². The maximum absolute atomic E-state index is 12.2. The zero-order valence-electron chi connectivity index (χ0n) is 13.7. The predicted molar refractivity (Wildman–Crippen MR) is 102 cm³/mol. The number of benzene rings is 2. The number of carbonyl (C=O) groups is 2. The van der Waals surface area contributed by atoms with Crippen molar-refractivity contribution >= 4 is 33.5 Å². The Kier molecular flexibility index (Phi) is 5.76. The summed E-state index contributed by atoms with van der Waals surface area (Å²) >= 11 is 3.26. The highest BCUT2D eigenvalue weighted by Crippen LogP contribution is 2.13. The Morgan fingerprint density at radius 2 is 1.69 bits per heavy atom. The van der Waals surface area contributed by atoms with E-state index >= 15 is 0 Å². The van der Waals surface area contributed by atoms with Crippen molar-refractivity contribution in [1.82, 2.24) is 4.98 Å². The van der Waals surface area contributed by atoms with Crippen molar-refractivity contribution in [2.75, 3.05) is 5.32 Å². The average Bonchev–Trinajstić information content (AvgIpc) is 2.67. The maximum Gasteiger partial charge on any atom is 0.340 e. The number of esters is 1. The van der Waals surface area contributed by atoms with E-state index in [1.54, 1.807) is 36.5 Å². The monoisotopic (exact) mass is 410 g/mol. The summed E-state index contributed by atoms with van der Waals surface area (Å²) in [6.07, 6.45) is 3.04. The van der Waals surface area contributed by atoms with Gasteiger partial charge in [-0.05, 0) is 51.8 Å². The highest BCUT2D eigenvalue weighted by atomic mass is 79.9. The molecule has 0 aliphatic carbocycles. The van der Waals surface area contributed by atoms with Gasteiger partial charge in [0.2, 0.25) is 0 Å². The van der Waals surface area contributed by atoms with Crippen molar-refractivity contribution in [1.29, 1.82) is 0 Å². The van der Waals surface area contributed by atoms with E-state index in [1.807, 2.05) is 30.3 Å². The molecule has 0 saturated carbocycles. The van der Waals surface area contributed by atoms with Gasteiger partial charge in [0.25, 0.3) is 5.91 Å². The molecule has 26 heavy (non-hydrogen) atoms. The molecule has 0 bridgehead atoms. The summed E-state index contributed by atoms with van der Waals surface area (Å²) in [4.78, 5) is 28.1. The number of ether oxygens (including phenoxy) is 1. The molecule has 3 aromatic rings. The Balaban J connectivity index is 1.57. The Hall–Kier alpha value is -2.99. The molecule has 0 unspecified atom stereocenters. The highest BCUT2D eigenvalue weighted by molar-refractivity contribution is 9.10. The fraction of sp³-hybridized carbons (Fsp3) is 0.0500. The third-order valence-electron chi connectivity index (χ3n) is 3.56. The first kappa shape index (κ1) is 17.8. The van der Waals surface area contributed by atoms with Crippen LogP contribution in [0.15, 0.2) is 77.5 Å². The lowest BCUT2D eigenvalue weighted by Crippen LogP contribution is -2.12. The maximum atomic E-state index is 12.2. The number of hydrogen-bond donors (Lipinski definition) is 1. The second-order valence-corrected chi connectivity index (χ2v) is 6.40. The van der Waals surface area contributed by atoms with Crippen molar-refractivity contribution in [3.8, 4) is 0 Å². The predicted octanol–water partition coefficient (Wildman–Crippen LogP) is 4.45. The number of pyridine rings is 1. The van der Waals surface area contributed by atoms with Crippen LogP contribution in [0.1, 0.15) is 26.3 Å². The van der Waals surface area contributed by atoms with Gasteiger partial charge in [0.1, 0.15) is 6.61 Å². The molecule has 0 aliphatic heterocycles. The molecule has 2 aromatic carbocycles. The summed E-state index contributed by atoms with van der Waals surface area (Å²) in [5, 5.41) is 2.82. The van der Waals surface area contributed by atoms with Crippen LogP contribution in [-0.2, 0) is 11.3 Å². The highest BCUT2D eigenvalue weighted by Gasteiger charge is 2.09. The van der Waals surface area contributed by atoms with Gasteiger partial charge >= 0.3 is 5.97 Å². The summed E-state index contributed by atoms with van der Waals surface area (Å²) < 4.78 is 5.97. The summed E-state index contributed by atoms with van der Waals surface area (Å²) in [5.41, 5.74) is 2.43. The van der Waals surface area contributed by atoms with Crippen molar-refractivity contribution in [3.05, 3.63) is 94.2 Å². The summed E-state index contributed by atoms with van der Waals surface area (Å²) in [7, 11) is 0. The van der Waals surface area contributed by atoms with Crippen molar-refractivity contribution in [2.45, 2.75) is 6.61 Å². The van der Waals surface area contributed by atoms with Gasteiger partial charge in [-0.25, -0.2) is 4.79 Å². The average molecular weight is 411 g/mol. The number of nitrogens with zero attached hydrogens (tertiary/aromatic N) is 1. The standard InChI is InChI=1S/C20H15BrN2O3/c21-17-10-16(11-22-12-17)20(25)26-13-14-6-8-15(9-7-14)19(24)23-18-4-2-1-3-5-18/h1-12H,13H2,(H,23,24). The summed E-state index contributed by atoms with van der Waals surface area (Å²) in [5.74, 6) is -0.648. The second-order valence-electron chi connectivity index (χ2n) is 5.49. The van der Waals surface area contributed by atoms with Crippen molar-refractivity contribution in [3.63, 3.8) is 0 Å². The molecule has 1 aromatic heterocycles. The van der Waals surface area contributed by atoms with Gasteiger partial charge in [0.05, 0.1) is 5.56 Å². The van der Waals surface area contributed by atoms with E-state index in [1.165, 1.54) is 6.20 Å². The molecule has 3 rings (SSSR count). The molecule has 1 amide bonds. The van der Waals surface area contributed by atoms with E-state index in [4.69, 9.17) is 4.74 Å². The first-order valence-electron chi connectivity index (χ1n) is 7.85. The molecule has 130 valence electrons. The number of para-hydroxylation sites is 1. The number of aromatic nitrogens is 1. The van der Waals surface area contributed by atoms with Crippen LogP contribution in [-0.4, -0.2) is 16.9 Å². The topological polar surface area (TPSA) is 68.3 Å². The molecule has 6 heteroatoms. The van der Waals surface area contributed by atoms with Crippen LogP contribution in [0.3, 0.4) is 0 Å². The molecular weight excluding hydrogens is 396 g/mol. The molecule has 0 saturated heterocycles. The minimum Gasteiger partial charge on any atom is -0.457 e. The molecule has 0 atom stereocenters. The smallest absolute Gasteiger partial charge is 0.340 e. The van der Waals surface area contributed by atoms with Gasteiger partial charge in [0.15, 0.2) is 0 Å². The molecule has 0 aliphatic rings. The number of carbonyl (C=O) groups excluding carboxylic acids is 2. The number of hydrogen-bond acceptors (Lipinski definition) is 4. The van der Waals surface area contributed by atoms with Crippen LogP contribution >= 0.6 is 15.9 Å². The third-order valence-corrected chi connectivity index (χ3v) is 3.99. The van der Waals surface area contributed by atoms with Gasteiger partial charge in [-0.1, -0.05) is 30.3 Å². The molecule has 0 radical (unpaired) electrons. The van der Waals surface area contributed by atoms with E-state index in [0.717, 1.165) is 11.3 Å². The molecule has 1 N–H and O–H groups in total. The normalized spacial score (nSPS) is 10.2. The lowest BCUT2D eigenvalue weighted by molar-refractivity contribution is 0.0472. The van der Waals surface area contributed by atoms with Gasteiger partial charge < -0.3 is 10.1 Å². The van der Waals surface area contributed by atoms with Crippen LogP contribution in [0.25, 0.3) is 0 Å². The van der Waals surface area contributed by atoms with E-state index in [0.29, 0.717) is 15.6 Å². The minimum atomic E-state index is -0.454. The zero-order valence-corrected chi connectivity index (χ0v) is 15.3. The first-order chi connectivity index (χ1) is 12.6. The Morgan fingerprint density at radius 1 is 0.962 bits per heavy atom. The Bertz CT molecular complexity index is 912. The molecule has 0 spiro atoms. The van der Waals surface area contributed by atoms with E-state index in [9.17, 15) is 9.59 Å². The van der Waals surface area contributed by atoms with Gasteiger partial charge in [-0.3, -0.25) is 9.78 Å². The molecule has 1 heterocycles. The summed E-state index contributed by atoms with van der Waals surface area (Å²) in [6.45, 7) is 0.117. The van der Waals surface area contributed by atoms with Crippen molar-refractivity contribution < 1.29 is 14.3 Å². The number of halogens is 1. The fourth-order valence-corrected chi connectivity index (χ4v) is 2.60. The number of anilines is 1. The fourth-order valence-electron chi connectivity index (χ4n) is 2.23. The van der Waals surface area contributed by atoms with Crippen LogP contribution in [0.4, 0.5) is 5.69 Å². The van der Waals surface area contributed by atoms with Gasteiger partial charge in [0, 0.05) is 28.1 Å². The number of nitrogens with one attached hydrogen (secondary N) is 1. The SMILES string of the molecule is O=C(Nc1ccccc1)c1ccc(COC(=O)c2cncc(Br)c2)cc1. The largest absolute Gasteiger partial charge is 0.457 e. The number of rotatable bonds is 5. The zero-order chi connectivity index (χ0) is 18.4. The van der Waals surface area contributed by atoms with Crippen LogP contribution < -0.4 is 5.32 Å².